The van der Waals surface area contributed by atoms with Gasteiger partial charge in [0.25, 0.3) is 0 Å². The molecule has 0 aliphatic rings. The first-order valence-corrected chi connectivity index (χ1v) is 9.22. The van der Waals surface area contributed by atoms with Crippen molar-refractivity contribution >= 4 is 11.3 Å². The summed E-state index contributed by atoms with van der Waals surface area (Å²) in [5.41, 5.74) is 3.83. The summed E-state index contributed by atoms with van der Waals surface area (Å²) in [6.45, 7) is 13.2. The SMILES string of the molecule is C=C(C=CCC)C(/C=C(/C)CCC)=C/CC(C)c1cccs1. The summed E-state index contributed by atoms with van der Waals surface area (Å²) in [6.07, 6.45) is 13.5. The molecule has 0 amide bonds. The zero-order valence-electron chi connectivity index (χ0n) is 14.6. The van der Waals surface area contributed by atoms with Gasteiger partial charge >= 0.3 is 0 Å². The van der Waals surface area contributed by atoms with E-state index in [9.17, 15) is 0 Å². The monoisotopic (exact) mass is 314 g/mol. The van der Waals surface area contributed by atoms with Crippen molar-refractivity contribution in [1.29, 1.82) is 0 Å². The maximum atomic E-state index is 4.25. The maximum absolute atomic E-state index is 4.25. The topological polar surface area (TPSA) is 0 Å². The summed E-state index contributed by atoms with van der Waals surface area (Å²) in [5, 5.41) is 2.16. The fraction of sp³-hybridized carbons (Fsp3) is 0.429. The van der Waals surface area contributed by atoms with E-state index in [1.54, 1.807) is 0 Å². The molecule has 1 atom stereocenters. The molecule has 1 heterocycles. The summed E-state index contributed by atoms with van der Waals surface area (Å²) in [7, 11) is 0. The Bertz CT molecular complexity index is 526. The van der Waals surface area contributed by atoms with Crippen molar-refractivity contribution in [3.63, 3.8) is 0 Å². The first-order valence-electron chi connectivity index (χ1n) is 8.35. The van der Waals surface area contributed by atoms with E-state index in [1.165, 1.54) is 22.4 Å². The van der Waals surface area contributed by atoms with Gasteiger partial charge in [0.2, 0.25) is 0 Å². The zero-order chi connectivity index (χ0) is 16.4. The minimum Gasteiger partial charge on any atom is -0.149 e. The molecule has 0 aliphatic heterocycles. The van der Waals surface area contributed by atoms with Gasteiger partial charge in [0.1, 0.15) is 0 Å². The Kier molecular flexibility index (Phi) is 8.84. The first kappa shape index (κ1) is 18.7. The standard InChI is InChI=1S/C21H30S/c1-6-8-11-18(4)20(16-17(3)10-7-2)14-13-19(5)21-12-9-15-22-21/h8-9,11-12,14-16,19H,4,6-7,10,13H2,1-3,5H3/b11-8?,17-16-,20-14+. The Morgan fingerprint density at radius 3 is 2.73 bits per heavy atom. The van der Waals surface area contributed by atoms with Crippen LogP contribution in [0.4, 0.5) is 0 Å². The van der Waals surface area contributed by atoms with E-state index < -0.39 is 0 Å². The van der Waals surface area contributed by atoms with Gasteiger partial charge in [-0.1, -0.05) is 69.7 Å². The van der Waals surface area contributed by atoms with E-state index >= 15 is 0 Å². The summed E-state index contributed by atoms with van der Waals surface area (Å²) in [5.74, 6) is 0.567. The minimum absolute atomic E-state index is 0.567. The predicted octanol–water partition coefficient (Wildman–Crippen LogP) is 7.44. The lowest BCUT2D eigenvalue weighted by Gasteiger charge is -2.09. The second-order valence-corrected chi connectivity index (χ2v) is 6.87. The van der Waals surface area contributed by atoms with Crippen LogP contribution >= 0.6 is 11.3 Å². The molecule has 0 spiro atoms. The van der Waals surface area contributed by atoms with Crippen molar-refractivity contribution in [1.82, 2.24) is 0 Å². The number of hydrogen-bond donors (Lipinski definition) is 0. The van der Waals surface area contributed by atoms with Crippen LogP contribution in [0.5, 0.6) is 0 Å². The molecule has 0 bridgehead atoms. The largest absolute Gasteiger partial charge is 0.149 e. The third-order valence-electron chi connectivity index (χ3n) is 3.69. The molecule has 1 aromatic heterocycles. The van der Waals surface area contributed by atoms with Gasteiger partial charge in [0, 0.05) is 4.88 Å². The Labute approximate surface area is 141 Å². The van der Waals surface area contributed by atoms with Crippen molar-refractivity contribution in [2.24, 2.45) is 0 Å². The number of thiophene rings is 1. The van der Waals surface area contributed by atoms with Gasteiger partial charge < -0.3 is 0 Å². The number of allylic oxidation sites excluding steroid dienone is 7. The molecule has 0 radical (unpaired) electrons. The molecule has 0 saturated heterocycles. The number of rotatable bonds is 9. The lowest BCUT2D eigenvalue weighted by molar-refractivity contribution is 0.795. The van der Waals surface area contributed by atoms with Crippen LogP contribution in [0.3, 0.4) is 0 Å². The van der Waals surface area contributed by atoms with Crippen molar-refractivity contribution in [3.8, 4) is 0 Å². The highest BCUT2D eigenvalue weighted by molar-refractivity contribution is 7.10. The van der Waals surface area contributed by atoms with Gasteiger partial charge in [0.05, 0.1) is 0 Å². The highest BCUT2D eigenvalue weighted by atomic mass is 32.1. The van der Waals surface area contributed by atoms with E-state index in [-0.39, 0.29) is 0 Å². The van der Waals surface area contributed by atoms with Gasteiger partial charge in [0.15, 0.2) is 0 Å². The Morgan fingerprint density at radius 2 is 2.14 bits per heavy atom. The predicted molar refractivity (Wildman–Crippen MR) is 103 cm³/mol. The Hall–Kier alpha value is -1.34. The van der Waals surface area contributed by atoms with E-state index in [4.69, 9.17) is 0 Å². The highest BCUT2D eigenvalue weighted by Crippen LogP contribution is 2.26. The van der Waals surface area contributed by atoms with Crippen molar-refractivity contribution < 1.29 is 0 Å². The summed E-state index contributed by atoms with van der Waals surface area (Å²) in [6, 6.07) is 4.36. The molecular weight excluding hydrogens is 284 g/mol. The van der Waals surface area contributed by atoms with Crippen LogP contribution in [0.15, 0.2) is 65.1 Å². The first-order chi connectivity index (χ1) is 10.6. The quantitative estimate of drug-likeness (QED) is 0.415. The number of hydrogen-bond acceptors (Lipinski definition) is 1. The molecular formula is C21H30S. The average molecular weight is 315 g/mol. The molecule has 0 aliphatic carbocycles. The van der Waals surface area contributed by atoms with Gasteiger partial charge in [-0.15, -0.1) is 11.3 Å². The maximum Gasteiger partial charge on any atom is 0.00765 e. The van der Waals surface area contributed by atoms with Crippen molar-refractivity contribution in [2.45, 2.75) is 59.3 Å². The lowest BCUT2D eigenvalue weighted by atomic mass is 9.97. The molecule has 0 saturated carbocycles. The fourth-order valence-electron chi connectivity index (χ4n) is 2.36. The van der Waals surface area contributed by atoms with Crippen LogP contribution in [-0.2, 0) is 0 Å². The summed E-state index contributed by atoms with van der Waals surface area (Å²) >= 11 is 1.85. The molecule has 0 fully saturated rings. The van der Waals surface area contributed by atoms with Gasteiger partial charge in [-0.2, -0.15) is 0 Å². The van der Waals surface area contributed by atoms with Crippen molar-refractivity contribution in [2.75, 3.05) is 0 Å². The zero-order valence-corrected chi connectivity index (χ0v) is 15.4. The van der Waals surface area contributed by atoms with E-state index in [0.717, 1.165) is 24.8 Å². The second kappa shape index (κ2) is 10.4. The second-order valence-electron chi connectivity index (χ2n) is 5.89. The van der Waals surface area contributed by atoms with E-state index in [2.05, 4.69) is 76.1 Å². The summed E-state index contributed by atoms with van der Waals surface area (Å²) in [4.78, 5) is 1.46. The Balaban J connectivity index is 2.88. The summed E-state index contributed by atoms with van der Waals surface area (Å²) < 4.78 is 0. The van der Waals surface area contributed by atoms with Crippen molar-refractivity contribution in [3.05, 3.63) is 70.0 Å². The van der Waals surface area contributed by atoms with Gasteiger partial charge in [-0.3, -0.25) is 0 Å². The van der Waals surface area contributed by atoms with Crippen LogP contribution in [-0.4, -0.2) is 0 Å². The van der Waals surface area contributed by atoms with E-state index in [0.29, 0.717) is 5.92 Å². The third kappa shape index (κ3) is 6.62. The van der Waals surface area contributed by atoms with Gasteiger partial charge in [-0.05, 0) is 54.7 Å². The normalized spacial score (nSPS) is 14.5. The minimum atomic E-state index is 0.567. The van der Waals surface area contributed by atoms with Crippen LogP contribution in [0, 0.1) is 0 Å². The van der Waals surface area contributed by atoms with Crippen LogP contribution in [0.1, 0.15) is 64.2 Å². The molecule has 0 nitrogen and oxygen atoms in total. The lowest BCUT2D eigenvalue weighted by Crippen LogP contribution is -1.91. The molecule has 22 heavy (non-hydrogen) atoms. The molecule has 0 N–H and O–H groups in total. The molecule has 120 valence electrons. The molecule has 1 unspecified atom stereocenters. The average Bonchev–Trinajstić information content (AvgIpc) is 3.03. The smallest absolute Gasteiger partial charge is 0.00765 e. The molecule has 0 aromatic carbocycles. The third-order valence-corrected chi connectivity index (χ3v) is 4.80. The molecule has 1 aromatic rings. The van der Waals surface area contributed by atoms with Crippen LogP contribution in [0.25, 0.3) is 0 Å². The van der Waals surface area contributed by atoms with E-state index in [1.807, 2.05) is 11.3 Å². The van der Waals surface area contributed by atoms with Crippen LogP contribution < -0.4 is 0 Å². The Morgan fingerprint density at radius 1 is 1.36 bits per heavy atom. The van der Waals surface area contributed by atoms with Crippen LogP contribution in [0.2, 0.25) is 0 Å². The highest BCUT2D eigenvalue weighted by Gasteiger charge is 2.06. The molecule has 1 rings (SSSR count). The molecule has 1 heteroatoms. The fourth-order valence-corrected chi connectivity index (χ4v) is 3.16. The van der Waals surface area contributed by atoms with Gasteiger partial charge in [-0.25, -0.2) is 0 Å².